The van der Waals surface area contributed by atoms with Crippen molar-refractivity contribution < 1.29 is 0 Å². The highest BCUT2D eigenvalue weighted by molar-refractivity contribution is 4.96. The van der Waals surface area contributed by atoms with E-state index in [-0.39, 0.29) is 5.92 Å². The zero-order chi connectivity index (χ0) is 12.3. The molecular formula is C15H26N2. The molecule has 1 saturated heterocycles. The molecular weight excluding hydrogens is 208 g/mol. The minimum absolute atomic E-state index is 0.290. The van der Waals surface area contributed by atoms with Crippen molar-refractivity contribution in [3.63, 3.8) is 0 Å². The fraction of sp³-hybridized carbons (Fsp3) is 0.933. The molecule has 1 heterocycles. The van der Waals surface area contributed by atoms with Gasteiger partial charge < -0.3 is 0 Å². The Morgan fingerprint density at radius 1 is 1.00 bits per heavy atom. The summed E-state index contributed by atoms with van der Waals surface area (Å²) in [6.07, 6.45) is 7.60. The SMILES string of the molecule is CC1CCN(C2CCCCCC2C#N)CC1C. The second kappa shape index (κ2) is 5.87. The van der Waals surface area contributed by atoms with E-state index in [9.17, 15) is 5.26 Å². The van der Waals surface area contributed by atoms with Crippen LogP contribution in [0, 0.1) is 29.1 Å². The van der Waals surface area contributed by atoms with Crippen LogP contribution in [-0.2, 0) is 0 Å². The third-order valence-corrected chi connectivity index (χ3v) is 4.98. The van der Waals surface area contributed by atoms with Gasteiger partial charge in [0.25, 0.3) is 0 Å². The number of rotatable bonds is 1. The summed E-state index contributed by atoms with van der Waals surface area (Å²) in [7, 11) is 0. The van der Waals surface area contributed by atoms with Crippen LogP contribution in [0.15, 0.2) is 0 Å². The van der Waals surface area contributed by atoms with Crippen molar-refractivity contribution in [2.75, 3.05) is 13.1 Å². The van der Waals surface area contributed by atoms with E-state index in [1.807, 2.05) is 0 Å². The van der Waals surface area contributed by atoms with Crippen LogP contribution in [0.4, 0.5) is 0 Å². The Morgan fingerprint density at radius 3 is 2.47 bits per heavy atom. The lowest BCUT2D eigenvalue weighted by atomic mass is 9.85. The molecule has 2 heteroatoms. The summed E-state index contributed by atoms with van der Waals surface area (Å²) in [6, 6.07) is 3.13. The highest BCUT2D eigenvalue weighted by Gasteiger charge is 2.32. The fourth-order valence-electron chi connectivity index (χ4n) is 3.47. The van der Waals surface area contributed by atoms with Gasteiger partial charge in [0.15, 0.2) is 0 Å². The molecule has 0 N–H and O–H groups in total. The van der Waals surface area contributed by atoms with Crippen molar-refractivity contribution in [3.8, 4) is 6.07 Å². The molecule has 0 amide bonds. The summed E-state index contributed by atoms with van der Waals surface area (Å²) in [6.45, 7) is 7.17. The Hall–Kier alpha value is -0.550. The average molecular weight is 234 g/mol. The topological polar surface area (TPSA) is 27.0 Å². The Bertz CT molecular complexity index is 281. The largest absolute Gasteiger partial charge is 0.299 e. The maximum absolute atomic E-state index is 9.36. The van der Waals surface area contributed by atoms with Gasteiger partial charge in [-0.1, -0.05) is 33.1 Å². The van der Waals surface area contributed by atoms with Gasteiger partial charge >= 0.3 is 0 Å². The van der Waals surface area contributed by atoms with E-state index in [1.54, 1.807) is 0 Å². The van der Waals surface area contributed by atoms with Gasteiger partial charge in [0.05, 0.1) is 12.0 Å². The number of nitrogens with zero attached hydrogens (tertiary/aromatic N) is 2. The minimum Gasteiger partial charge on any atom is -0.299 e. The highest BCUT2D eigenvalue weighted by Crippen LogP contribution is 2.31. The molecule has 4 unspecified atom stereocenters. The molecule has 0 radical (unpaired) electrons. The van der Waals surface area contributed by atoms with Gasteiger partial charge in [-0.15, -0.1) is 0 Å². The van der Waals surface area contributed by atoms with Crippen LogP contribution in [0.5, 0.6) is 0 Å². The van der Waals surface area contributed by atoms with E-state index in [0.29, 0.717) is 6.04 Å². The molecule has 0 spiro atoms. The van der Waals surface area contributed by atoms with Crippen molar-refractivity contribution in [1.82, 2.24) is 4.90 Å². The summed E-state index contributed by atoms with van der Waals surface area (Å²) in [4.78, 5) is 2.63. The Labute approximate surface area is 106 Å². The molecule has 2 nitrogen and oxygen atoms in total. The van der Waals surface area contributed by atoms with Gasteiger partial charge in [-0.25, -0.2) is 0 Å². The zero-order valence-corrected chi connectivity index (χ0v) is 11.4. The molecule has 1 saturated carbocycles. The third kappa shape index (κ3) is 3.01. The average Bonchev–Trinajstić information content (AvgIpc) is 2.57. The molecule has 2 aliphatic rings. The molecule has 96 valence electrons. The molecule has 4 atom stereocenters. The number of hydrogen-bond donors (Lipinski definition) is 0. The standard InChI is InChI=1S/C15H26N2/c1-12-8-9-17(11-13(12)2)15-7-5-3-4-6-14(15)10-16/h12-15H,3-9,11H2,1-2H3. The van der Waals surface area contributed by atoms with Gasteiger partial charge in [-0.3, -0.25) is 4.90 Å². The van der Waals surface area contributed by atoms with Crippen LogP contribution in [0.2, 0.25) is 0 Å². The van der Waals surface area contributed by atoms with Gasteiger partial charge in [-0.2, -0.15) is 5.26 Å². The summed E-state index contributed by atoms with van der Waals surface area (Å²) in [5.41, 5.74) is 0. The fourth-order valence-corrected chi connectivity index (χ4v) is 3.47. The lowest BCUT2D eigenvalue weighted by Crippen LogP contribution is -2.47. The molecule has 0 bridgehead atoms. The molecule has 0 aromatic rings. The number of piperidine rings is 1. The monoisotopic (exact) mass is 234 g/mol. The third-order valence-electron chi connectivity index (χ3n) is 4.98. The molecule has 2 rings (SSSR count). The zero-order valence-electron chi connectivity index (χ0n) is 11.4. The number of likely N-dealkylation sites (tertiary alicyclic amines) is 1. The first-order valence-corrected chi connectivity index (χ1v) is 7.36. The van der Waals surface area contributed by atoms with E-state index in [1.165, 1.54) is 45.2 Å². The molecule has 17 heavy (non-hydrogen) atoms. The van der Waals surface area contributed by atoms with Crippen LogP contribution in [0.25, 0.3) is 0 Å². The van der Waals surface area contributed by atoms with Gasteiger partial charge in [0.2, 0.25) is 0 Å². The number of hydrogen-bond acceptors (Lipinski definition) is 2. The van der Waals surface area contributed by atoms with E-state index in [4.69, 9.17) is 0 Å². The van der Waals surface area contributed by atoms with Gasteiger partial charge in [0.1, 0.15) is 0 Å². The summed E-state index contributed by atoms with van der Waals surface area (Å²) in [5, 5.41) is 9.36. The Balaban J connectivity index is 2.01. The Morgan fingerprint density at radius 2 is 1.76 bits per heavy atom. The molecule has 0 aromatic carbocycles. The van der Waals surface area contributed by atoms with Crippen LogP contribution in [0.1, 0.15) is 52.4 Å². The second-order valence-electron chi connectivity index (χ2n) is 6.18. The first-order chi connectivity index (χ1) is 8.22. The maximum Gasteiger partial charge on any atom is 0.0672 e. The lowest BCUT2D eigenvalue weighted by Gasteiger charge is -2.41. The molecule has 1 aliphatic carbocycles. The highest BCUT2D eigenvalue weighted by atomic mass is 15.2. The van der Waals surface area contributed by atoms with Gasteiger partial charge in [-0.05, 0) is 37.6 Å². The molecule has 1 aliphatic heterocycles. The molecule has 0 aromatic heterocycles. The van der Waals surface area contributed by atoms with Crippen LogP contribution < -0.4 is 0 Å². The van der Waals surface area contributed by atoms with Crippen molar-refractivity contribution in [3.05, 3.63) is 0 Å². The maximum atomic E-state index is 9.36. The van der Waals surface area contributed by atoms with E-state index >= 15 is 0 Å². The van der Waals surface area contributed by atoms with Crippen molar-refractivity contribution in [2.24, 2.45) is 17.8 Å². The van der Waals surface area contributed by atoms with Crippen LogP contribution in [0.3, 0.4) is 0 Å². The summed E-state index contributed by atoms with van der Waals surface area (Å²) >= 11 is 0. The second-order valence-corrected chi connectivity index (χ2v) is 6.18. The quantitative estimate of drug-likeness (QED) is 0.650. The van der Waals surface area contributed by atoms with Gasteiger partial charge in [0, 0.05) is 12.6 Å². The first kappa shape index (κ1) is 12.9. The first-order valence-electron chi connectivity index (χ1n) is 7.36. The normalized spacial score (nSPS) is 40.5. The predicted molar refractivity (Wildman–Crippen MR) is 70.5 cm³/mol. The van der Waals surface area contributed by atoms with Crippen molar-refractivity contribution in [1.29, 1.82) is 5.26 Å². The van der Waals surface area contributed by atoms with E-state index < -0.39 is 0 Å². The molecule has 2 fully saturated rings. The van der Waals surface area contributed by atoms with Crippen LogP contribution in [-0.4, -0.2) is 24.0 Å². The Kier molecular flexibility index (Phi) is 4.45. The predicted octanol–water partition coefficient (Wildman–Crippen LogP) is 3.44. The minimum atomic E-state index is 0.290. The summed E-state index contributed by atoms with van der Waals surface area (Å²) in [5.74, 6) is 1.95. The van der Waals surface area contributed by atoms with Crippen LogP contribution >= 0.6 is 0 Å². The van der Waals surface area contributed by atoms with Crippen molar-refractivity contribution in [2.45, 2.75) is 58.4 Å². The summed E-state index contributed by atoms with van der Waals surface area (Å²) < 4.78 is 0. The van der Waals surface area contributed by atoms with Crippen molar-refractivity contribution >= 4 is 0 Å². The van der Waals surface area contributed by atoms with E-state index in [0.717, 1.165) is 18.3 Å². The lowest BCUT2D eigenvalue weighted by molar-refractivity contribution is 0.0737. The van der Waals surface area contributed by atoms with E-state index in [2.05, 4.69) is 24.8 Å². The smallest absolute Gasteiger partial charge is 0.0672 e. The number of nitriles is 1.